The Morgan fingerprint density at radius 1 is 1.29 bits per heavy atom. The summed E-state index contributed by atoms with van der Waals surface area (Å²) in [5, 5.41) is 9.40. The maximum Gasteiger partial charge on any atom is 0.336 e. The molecule has 1 unspecified atom stereocenters. The molecule has 1 amide bonds. The van der Waals surface area contributed by atoms with Crippen LogP contribution in [0.15, 0.2) is 55.1 Å². The van der Waals surface area contributed by atoms with Crippen LogP contribution in [0.3, 0.4) is 0 Å². The van der Waals surface area contributed by atoms with Crippen molar-refractivity contribution >= 4 is 17.6 Å². The highest BCUT2D eigenvalue weighted by atomic mass is 16.5. The minimum Gasteiger partial charge on any atom is -0.497 e. The summed E-state index contributed by atoms with van der Waals surface area (Å²) in [7, 11) is 1.57. The van der Waals surface area contributed by atoms with E-state index in [4.69, 9.17) is 4.74 Å². The van der Waals surface area contributed by atoms with Crippen LogP contribution in [0.1, 0.15) is 38.7 Å². The number of rotatable bonds is 5. The molecule has 1 aliphatic heterocycles. The Morgan fingerprint density at radius 3 is 2.58 bits per heavy atom. The zero-order valence-corrected chi connectivity index (χ0v) is 13.2. The summed E-state index contributed by atoms with van der Waals surface area (Å²) < 4.78 is 5.15. The summed E-state index contributed by atoms with van der Waals surface area (Å²) in [6.45, 7) is 3.76. The molecule has 0 aliphatic carbocycles. The number of fused-ring (bicyclic) bond motifs is 1. The van der Waals surface area contributed by atoms with E-state index in [1.54, 1.807) is 54.5 Å². The number of hydrogen-bond donors (Lipinski definition) is 1. The fraction of sp³-hybridized carbons (Fsp3) is 0.158. The third-order valence-corrected chi connectivity index (χ3v) is 4.17. The molecule has 0 saturated carbocycles. The molecule has 5 nitrogen and oxygen atoms in total. The van der Waals surface area contributed by atoms with Gasteiger partial charge in [-0.1, -0.05) is 18.2 Å². The number of carbonyl (C=O) groups is 2. The van der Waals surface area contributed by atoms with Crippen molar-refractivity contribution in [1.29, 1.82) is 0 Å². The number of hydrogen-bond acceptors (Lipinski definition) is 3. The minimum atomic E-state index is -1.10. The van der Waals surface area contributed by atoms with Gasteiger partial charge in [0.1, 0.15) is 5.75 Å². The zero-order valence-electron chi connectivity index (χ0n) is 13.2. The van der Waals surface area contributed by atoms with E-state index in [0.717, 1.165) is 5.56 Å². The van der Waals surface area contributed by atoms with Crippen LogP contribution in [-0.4, -0.2) is 24.1 Å². The van der Waals surface area contributed by atoms with Crippen molar-refractivity contribution in [2.45, 2.75) is 12.5 Å². The van der Waals surface area contributed by atoms with Crippen molar-refractivity contribution in [3.63, 3.8) is 0 Å². The molecule has 0 radical (unpaired) electrons. The lowest BCUT2D eigenvalue weighted by Crippen LogP contribution is -2.27. The lowest BCUT2D eigenvalue weighted by Gasteiger charge is -2.24. The molecule has 0 fully saturated rings. The standard InChI is InChI=1S/C19H17NO4/c1-3-5-16-14-6-4-7-15(19(22)23)17(14)18(21)20(16)12-8-10-13(24-2)11-9-12/h3-4,6-11,16H,1,5H2,2H3,(H,22,23). The van der Waals surface area contributed by atoms with Gasteiger partial charge in [0.25, 0.3) is 5.91 Å². The topological polar surface area (TPSA) is 66.8 Å². The summed E-state index contributed by atoms with van der Waals surface area (Å²) in [4.78, 5) is 26.1. The Kier molecular flexibility index (Phi) is 4.08. The number of carboxylic acid groups (broad SMARTS) is 1. The maximum absolute atomic E-state index is 13.0. The molecular formula is C19H17NO4. The highest BCUT2D eigenvalue weighted by Crippen LogP contribution is 2.41. The first-order chi connectivity index (χ1) is 11.6. The van der Waals surface area contributed by atoms with Crippen molar-refractivity contribution in [1.82, 2.24) is 0 Å². The van der Waals surface area contributed by atoms with Gasteiger partial charge in [-0.25, -0.2) is 4.79 Å². The molecule has 0 spiro atoms. The highest BCUT2D eigenvalue weighted by Gasteiger charge is 2.39. The Bertz CT molecular complexity index is 811. The molecule has 2 aromatic rings. The third-order valence-electron chi connectivity index (χ3n) is 4.17. The lowest BCUT2D eigenvalue weighted by molar-refractivity contribution is 0.0692. The lowest BCUT2D eigenvalue weighted by atomic mass is 9.98. The number of carboxylic acids is 1. The Hall–Kier alpha value is -3.08. The molecule has 1 aliphatic rings. The van der Waals surface area contributed by atoms with Crippen molar-refractivity contribution in [3.8, 4) is 5.75 Å². The maximum atomic E-state index is 13.0. The second-order valence-electron chi connectivity index (χ2n) is 5.49. The second kappa shape index (κ2) is 6.20. The monoisotopic (exact) mass is 323 g/mol. The second-order valence-corrected chi connectivity index (χ2v) is 5.49. The van der Waals surface area contributed by atoms with Gasteiger partial charge in [-0.05, 0) is 42.3 Å². The van der Waals surface area contributed by atoms with Crippen LogP contribution >= 0.6 is 0 Å². The molecule has 5 heteroatoms. The van der Waals surface area contributed by atoms with Crippen LogP contribution in [-0.2, 0) is 0 Å². The number of carbonyl (C=O) groups excluding carboxylic acids is 1. The Labute approximate surface area is 139 Å². The number of amides is 1. The van der Waals surface area contributed by atoms with E-state index in [1.165, 1.54) is 6.07 Å². The van der Waals surface area contributed by atoms with Crippen LogP contribution in [0.5, 0.6) is 5.75 Å². The van der Waals surface area contributed by atoms with Gasteiger partial charge in [0.05, 0.1) is 24.3 Å². The van der Waals surface area contributed by atoms with Gasteiger partial charge in [0.15, 0.2) is 0 Å². The van der Waals surface area contributed by atoms with Gasteiger partial charge in [-0.2, -0.15) is 0 Å². The predicted molar refractivity (Wildman–Crippen MR) is 90.8 cm³/mol. The zero-order chi connectivity index (χ0) is 17.3. The Morgan fingerprint density at radius 2 is 2.00 bits per heavy atom. The fourth-order valence-electron chi connectivity index (χ4n) is 3.10. The van der Waals surface area contributed by atoms with Crippen LogP contribution in [0.25, 0.3) is 0 Å². The molecular weight excluding hydrogens is 306 g/mol. The van der Waals surface area contributed by atoms with E-state index in [2.05, 4.69) is 6.58 Å². The molecule has 0 saturated heterocycles. The summed E-state index contributed by atoms with van der Waals surface area (Å²) in [5.41, 5.74) is 1.70. The van der Waals surface area contributed by atoms with E-state index >= 15 is 0 Å². The quantitative estimate of drug-likeness (QED) is 0.853. The first-order valence-electron chi connectivity index (χ1n) is 7.53. The van der Waals surface area contributed by atoms with Crippen LogP contribution in [0.2, 0.25) is 0 Å². The van der Waals surface area contributed by atoms with E-state index in [-0.39, 0.29) is 23.1 Å². The average Bonchev–Trinajstić information content (AvgIpc) is 2.88. The number of benzene rings is 2. The van der Waals surface area contributed by atoms with Crippen LogP contribution in [0, 0.1) is 0 Å². The van der Waals surface area contributed by atoms with Crippen LogP contribution in [0.4, 0.5) is 5.69 Å². The van der Waals surface area contributed by atoms with Gasteiger partial charge in [0.2, 0.25) is 0 Å². The summed E-state index contributed by atoms with van der Waals surface area (Å²) >= 11 is 0. The number of anilines is 1. The van der Waals surface area contributed by atoms with Gasteiger partial charge in [-0.3, -0.25) is 4.79 Å². The average molecular weight is 323 g/mol. The fourth-order valence-corrected chi connectivity index (χ4v) is 3.10. The van der Waals surface area contributed by atoms with Gasteiger partial charge >= 0.3 is 5.97 Å². The van der Waals surface area contributed by atoms with Crippen molar-refractivity contribution in [2.75, 3.05) is 12.0 Å². The molecule has 1 heterocycles. The largest absolute Gasteiger partial charge is 0.497 e. The molecule has 24 heavy (non-hydrogen) atoms. The first-order valence-corrected chi connectivity index (χ1v) is 7.53. The smallest absolute Gasteiger partial charge is 0.336 e. The highest BCUT2D eigenvalue weighted by molar-refractivity contribution is 6.16. The van der Waals surface area contributed by atoms with Gasteiger partial charge in [-0.15, -0.1) is 6.58 Å². The first kappa shape index (κ1) is 15.8. The summed E-state index contributed by atoms with van der Waals surface area (Å²) in [5.74, 6) is -0.719. The van der Waals surface area contributed by atoms with Crippen molar-refractivity contribution < 1.29 is 19.4 Å². The summed E-state index contributed by atoms with van der Waals surface area (Å²) in [6.07, 6.45) is 2.27. The van der Waals surface area contributed by atoms with Crippen LogP contribution < -0.4 is 9.64 Å². The van der Waals surface area contributed by atoms with E-state index in [0.29, 0.717) is 17.9 Å². The molecule has 0 aromatic heterocycles. The SMILES string of the molecule is C=CCC1c2cccc(C(=O)O)c2C(=O)N1c1ccc(OC)cc1. The van der Waals surface area contributed by atoms with Gasteiger partial charge in [0, 0.05) is 5.69 Å². The summed E-state index contributed by atoms with van der Waals surface area (Å²) in [6, 6.07) is 11.8. The van der Waals surface area contributed by atoms with Gasteiger partial charge < -0.3 is 14.7 Å². The number of nitrogens with zero attached hydrogens (tertiary/aromatic N) is 1. The third kappa shape index (κ3) is 2.44. The Balaban J connectivity index is 2.13. The van der Waals surface area contributed by atoms with Crippen molar-refractivity contribution in [3.05, 3.63) is 71.8 Å². The van der Waals surface area contributed by atoms with E-state index in [9.17, 15) is 14.7 Å². The molecule has 0 bridgehead atoms. The van der Waals surface area contributed by atoms with Crippen molar-refractivity contribution in [2.24, 2.45) is 0 Å². The normalized spacial score (nSPS) is 16.0. The number of methoxy groups -OCH3 is 1. The number of aromatic carboxylic acids is 1. The van der Waals surface area contributed by atoms with E-state index in [1.807, 2.05) is 0 Å². The number of ether oxygens (including phenoxy) is 1. The molecule has 1 N–H and O–H groups in total. The molecule has 2 aromatic carbocycles. The molecule has 3 rings (SSSR count). The minimum absolute atomic E-state index is 0.0302. The molecule has 122 valence electrons. The van der Waals surface area contributed by atoms with E-state index < -0.39 is 5.97 Å². The predicted octanol–water partition coefficient (Wildman–Crippen LogP) is 3.67. The molecule has 1 atom stereocenters.